The molecule has 0 aliphatic rings. The number of aryl methyl sites for hydroxylation is 1. The van der Waals surface area contributed by atoms with Gasteiger partial charge in [-0.3, -0.25) is 0 Å². The van der Waals surface area contributed by atoms with Crippen molar-refractivity contribution in [2.75, 3.05) is 0 Å². The SMILES string of the molecule is Cc1c[c-]c(-c2cc(-c3ccc(CC(C)(C)C)cc3)ccn2)cc1.[2H]c1nc(-c2[c-]ccc3c2oc2c3ccc3sc(C(C)(C)C)nc32)c([2H])c([2H])c1[2H].[Ir]. The molecule has 0 saturated carbocycles. The van der Waals surface area contributed by atoms with Crippen LogP contribution < -0.4 is 0 Å². The molecule has 4 nitrogen and oxygen atoms in total. The minimum atomic E-state index is -0.362. The summed E-state index contributed by atoms with van der Waals surface area (Å²) < 4.78 is 39.1. The number of furan rings is 1. The Kier molecular flexibility index (Phi) is 8.97. The summed E-state index contributed by atoms with van der Waals surface area (Å²) in [7, 11) is 0. The predicted octanol–water partition coefficient (Wildman–Crippen LogP) is 12.5. The molecule has 0 bridgehead atoms. The van der Waals surface area contributed by atoms with Gasteiger partial charge in [-0.05, 0) is 58.1 Å². The normalized spacial score (nSPS) is 12.8. The molecule has 8 aromatic rings. The summed E-state index contributed by atoms with van der Waals surface area (Å²) in [6, 6.07) is 32.4. The van der Waals surface area contributed by atoms with Gasteiger partial charge in [0.05, 0.1) is 20.8 Å². The Morgan fingerprint density at radius 1 is 0.804 bits per heavy atom. The fourth-order valence-electron chi connectivity index (χ4n) is 5.88. The van der Waals surface area contributed by atoms with Gasteiger partial charge in [0, 0.05) is 43.3 Å². The topological polar surface area (TPSA) is 51.8 Å². The second-order valence-corrected chi connectivity index (χ2v) is 15.9. The summed E-state index contributed by atoms with van der Waals surface area (Å²) >= 11 is 1.65. The van der Waals surface area contributed by atoms with E-state index in [4.69, 9.17) is 14.9 Å². The molecule has 0 aliphatic heterocycles. The Morgan fingerprint density at radius 3 is 2.31 bits per heavy atom. The van der Waals surface area contributed by atoms with Crippen LogP contribution in [0.5, 0.6) is 0 Å². The molecule has 0 fully saturated rings. The zero-order valence-electron chi connectivity index (χ0n) is 33.8. The van der Waals surface area contributed by atoms with Crippen LogP contribution in [0, 0.1) is 24.5 Å². The zero-order valence-corrected chi connectivity index (χ0v) is 33.0. The van der Waals surface area contributed by atoms with Crippen molar-refractivity contribution in [2.45, 2.75) is 60.3 Å². The predicted molar refractivity (Wildman–Crippen MR) is 210 cm³/mol. The van der Waals surface area contributed by atoms with Crippen LogP contribution in [-0.4, -0.2) is 15.0 Å². The summed E-state index contributed by atoms with van der Waals surface area (Å²) in [5, 5.41) is 2.76. The summed E-state index contributed by atoms with van der Waals surface area (Å²) in [6.07, 6.45) is 2.62. The van der Waals surface area contributed by atoms with E-state index in [1.807, 2.05) is 30.5 Å². The average Bonchev–Trinajstić information content (AvgIpc) is 3.75. The van der Waals surface area contributed by atoms with E-state index in [0.29, 0.717) is 22.1 Å². The minimum absolute atomic E-state index is 0. The molecule has 4 aromatic heterocycles. The van der Waals surface area contributed by atoms with E-state index in [9.17, 15) is 0 Å². The van der Waals surface area contributed by atoms with E-state index in [1.165, 1.54) is 22.3 Å². The van der Waals surface area contributed by atoms with Crippen LogP contribution in [0.3, 0.4) is 0 Å². The number of rotatable bonds is 4. The van der Waals surface area contributed by atoms with Gasteiger partial charge >= 0.3 is 0 Å². The second kappa shape index (κ2) is 14.6. The largest absolute Gasteiger partial charge is 0.498 e. The smallest absolute Gasteiger partial charge is 0.148 e. The average molecular weight is 868 g/mol. The molecule has 51 heavy (non-hydrogen) atoms. The monoisotopic (exact) mass is 868 g/mol. The van der Waals surface area contributed by atoms with Gasteiger partial charge < -0.3 is 14.4 Å². The first-order valence-corrected chi connectivity index (χ1v) is 17.5. The van der Waals surface area contributed by atoms with Crippen molar-refractivity contribution in [2.24, 2.45) is 5.41 Å². The van der Waals surface area contributed by atoms with Gasteiger partial charge in [0.25, 0.3) is 0 Å². The van der Waals surface area contributed by atoms with Crippen molar-refractivity contribution in [1.29, 1.82) is 0 Å². The van der Waals surface area contributed by atoms with Crippen molar-refractivity contribution < 1.29 is 30.0 Å². The van der Waals surface area contributed by atoms with E-state index in [2.05, 4.69) is 119 Å². The number of benzene rings is 4. The number of nitrogens with zero attached hydrogens (tertiary/aromatic N) is 3. The van der Waals surface area contributed by atoms with Gasteiger partial charge in [0.1, 0.15) is 11.1 Å². The number of thiazole rings is 1. The van der Waals surface area contributed by atoms with Gasteiger partial charge in [0.15, 0.2) is 0 Å². The molecule has 8 rings (SSSR count). The van der Waals surface area contributed by atoms with Crippen molar-refractivity contribution in [1.82, 2.24) is 15.0 Å². The Hall–Kier alpha value is -4.48. The molecule has 6 heteroatoms. The van der Waals surface area contributed by atoms with Crippen molar-refractivity contribution in [3.05, 3.63) is 138 Å². The summed E-state index contributed by atoms with van der Waals surface area (Å²) in [5.74, 6) is 0. The van der Waals surface area contributed by atoms with Crippen molar-refractivity contribution >= 4 is 43.5 Å². The Bertz CT molecular complexity index is 2660. The molecule has 0 spiro atoms. The standard InChI is InChI=1S/C23H24N.C22H17N2OS.Ir/c1-17-5-9-20(10-6-17)22-15-21(13-14-24-22)19-11-7-18(8-12-19)16-23(2,3)4;1-22(2,3)21-24-18-17(26-21)11-10-14-13-7-6-8-15(19(13)25-20(14)18)16-9-4-5-12-23-16;/h5-9,11-15H,16H2,1-4H3;4-7,9-12H,1-3H3;/q2*-1;/i;4D,5D,9D,12D;. The van der Waals surface area contributed by atoms with E-state index in [-0.39, 0.29) is 55.5 Å². The third-order valence-corrected chi connectivity index (χ3v) is 9.78. The first kappa shape index (κ1) is 31.3. The zero-order chi connectivity index (χ0) is 38.5. The Balaban J connectivity index is 0.000000188. The molecule has 0 saturated heterocycles. The molecule has 1 radical (unpaired) electrons. The molecule has 0 aliphatic carbocycles. The van der Waals surface area contributed by atoms with E-state index >= 15 is 0 Å². The molecule has 259 valence electrons. The molecule has 0 amide bonds. The first-order chi connectivity index (χ1) is 25.6. The third kappa shape index (κ3) is 8.04. The summed E-state index contributed by atoms with van der Waals surface area (Å²) in [5.41, 5.74) is 9.73. The molecular weight excluding hydrogens is 823 g/mol. The fraction of sp³-hybridized carbons (Fsp3) is 0.222. The number of hydrogen-bond acceptors (Lipinski definition) is 5. The van der Waals surface area contributed by atoms with Crippen LogP contribution in [0.1, 0.15) is 63.2 Å². The van der Waals surface area contributed by atoms with Crippen LogP contribution in [0.25, 0.3) is 65.8 Å². The summed E-state index contributed by atoms with van der Waals surface area (Å²) in [6.45, 7) is 15.3. The molecule has 4 aromatic carbocycles. The second-order valence-electron chi connectivity index (χ2n) is 14.8. The Labute approximate surface area is 324 Å². The maximum atomic E-state index is 8.26. The van der Waals surface area contributed by atoms with Crippen LogP contribution in [0.15, 0.2) is 114 Å². The number of fused-ring (bicyclic) bond motifs is 5. The van der Waals surface area contributed by atoms with Crippen LogP contribution in [-0.2, 0) is 31.9 Å². The fourth-order valence-corrected chi connectivity index (χ4v) is 6.90. The maximum Gasteiger partial charge on any atom is 0.148 e. The van der Waals surface area contributed by atoms with Gasteiger partial charge in [-0.1, -0.05) is 108 Å². The molecule has 0 atom stereocenters. The molecule has 0 N–H and O–H groups in total. The number of hydrogen-bond donors (Lipinski definition) is 0. The minimum Gasteiger partial charge on any atom is -0.498 e. The van der Waals surface area contributed by atoms with E-state index in [0.717, 1.165) is 43.7 Å². The van der Waals surface area contributed by atoms with Gasteiger partial charge in [-0.15, -0.1) is 64.9 Å². The van der Waals surface area contributed by atoms with Crippen LogP contribution in [0.2, 0.25) is 0 Å². The van der Waals surface area contributed by atoms with Gasteiger partial charge in [0.2, 0.25) is 0 Å². The number of pyridine rings is 2. The van der Waals surface area contributed by atoms with Crippen LogP contribution in [0.4, 0.5) is 0 Å². The van der Waals surface area contributed by atoms with Gasteiger partial charge in [-0.25, -0.2) is 4.98 Å². The van der Waals surface area contributed by atoms with Crippen molar-refractivity contribution in [3.8, 4) is 33.6 Å². The first-order valence-electron chi connectivity index (χ1n) is 18.7. The number of aromatic nitrogens is 3. The molecule has 0 unspecified atom stereocenters. The van der Waals surface area contributed by atoms with E-state index in [1.54, 1.807) is 17.4 Å². The third-order valence-electron chi connectivity index (χ3n) is 8.33. The Morgan fingerprint density at radius 2 is 1.59 bits per heavy atom. The van der Waals surface area contributed by atoms with Crippen LogP contribution >= 0.6 is 11.3 Å². The van der Waals surface area contributed by atoms with Gasteiger partial charge in [-0.2, -0.15) is 0 Å². The maximum absolute atomic E-state index is 8.26. The van der Waals surface area contributed by atoms with Crippen molar-refractivity contribution in [3.63, 3.8) is 0 Å². The molecule has 4 heterocycles. The molecular formula is C45H41IrN3OS-2. The quantitative estimate of drug-likeness (QED) is 0.165. The van der Waals surface area contributed by atoms with E-state index < -0.39 is 0 Å². The summed E-state index contributed by atoms with van der Waals surface area (Å²) in [4.78, 5) is 13.4.